The molecule has 5 nitrogen and oxygen atoms in total. The number of aromatic nitrogens is 2. The Hall–Kier alpha value is -1.91. The average Bonchev–Trinajstić information content (AvgIpc) is 2.97. The average molecular weight is 315 g/mol. The molecular formula is C18H25N3O2. The molecule has 1 amide bonds. The van der Waals surface area contributed by atoms with Crippen molar-refractivity contribution >= 4 is 17.0 Å². The lowest BCUT2D eigenvalue weighted by Crippen LogP contribution is -2.39. The fourth-order valence-corrected chi connectivity index (χ4v) is 3.38. The lowest BCUT2D eigenvalue weighted by Gasteiger charge is -2.33. The number of nitrogens with zero attached hydrogens (tertiary/aromatic N) is 3. The minimum atomic E-state index is 0.0369. The number of carbonyl (C=O) groups is 1. The van der Waals surface area contributed by atoms with Crippen molar-refractivity contribution in [3.8, 4) is 0 Å². The van der Waals surface area contributed by atoms with Crippen LogP contribution in [0.15, 0.2) is 16.8 Å². The molecule has 0 atom stereocenters. The second-order valence-corrected chi connectivity index (χ2v) is 7.13. The third-order valence-corrected chi connectivity index (χ3v) is 5.00. The summed E-state index contributed by atoms with van der Waals surface area (Å²) in [6.07, 6.45) is 6.17. The van der Waals surface area contributed by atoms with Gasteiger partial charge in [0.15, 0.2) is 0 Å². The van der Waals surface area contributed by atoms with Crippen molar-refractivity contribution in [2.75, 3.05) is 7.05 Å². The van der Waals surface area contributed by atoms with Gasteiger partial charge in [0.25, 0.3) is 11.6 Å². The van der Waals surface area contributed by atoms with Gasteiger partial charge in [-0.15, -0.1) is 0 Å². The Balaban J connectivity index is 1.84. The third kappa shape index (κ3) is 3.09. The van der Waals surface area contributed by atoms with Crippen LogP contribution in [0.1, 0.15) is 68.4 Å². The minimum Gasteiger partial charge on any atom is -0.339 e. The van der Waals surface area contributed by atoms with E-state index in [9.17, 15) is 4.79 Å². The summed E-state index contributed by atoms with van der Waals surface area (Å²) in [5.74, 6) is 1.05. The highest BCUT2D eigenvalue weighted by Gasteiger charge is 2.26. The first kappa shape index (κ1) is 16.0. The lowest BCUT2D eigenvalue weighted by atomic mass is 9.86. The molecule has 0 N–H and O–H groups in total. The molecular weight excluding hydrogens is 290 g/mol. The number of amides is 1. The largest absolute Gasteiger partial charge is 0.339 e. The molecule has 0 spiro atoms. The van der Waals surface area contributed by atoms with E-state index in [1.54, 1.807) is 6.20 Å². The summed E-state index contributed by atoms with van der Waals surface area (Å²) in [7, 11) is 1.91. The molecule has 2 aromatic heterocycles. The second-order valence-electron chi connectivity index (χ2n) is 7.13. The Morgan fingerprint density at radius 3 is 2.65 bits per heavy atom. The first-order valence-electron chi connectivity index (χ1n) is 8.49. The van der Waals surface area contributed by atoms with Crippen molar-refractivity contribution in [1.29, 1.82) is 0 Å². The smallest absolute Gasteiger partial charge is 0.257 e. The highest BCUT2D eigenvalue weighted by molar-refractivity contribution is 5.97. The van der Waals surface area contributed by atoms with Crippen LogP contribution in [0.5, 0.6) is 0 Å². The highest BCUT2D eigenvalue weighted by Crippen LogP contribution is 2.28. The molecule has 1 aliphatic rings. The SMILES string of the molecule is CC1CCC(N(C)C(=O)c2cnc3onc(C(C)C)c3c2)CC1. The zero-order valence-electron chi connectivity index (χ0n) is 14.4. The molecule has 0 aromatic carbocycles. The minimum absolute atomic E-state index is 0.0369. The maximum Gasteiger partial charge on any atom is 0.257 e. The standard InChI is InChI=1S/C18H25N3O2/c1-11(2)16-15-9-13(10-19-17(15)23-20-16)18(22)21(4)14-7-5-12(3)6-8-14/h9-12,14H,5-8H2,1-4H3. The molecule has 2 heterocycles. The predicted molar refractivity (Wildman–Crippen MR) is 89.4 cm³/mol. The normalized spacial score (nSPS) is 21.8. The quantitative estimate of drug-likeness (QED) is 0.859. The van der Waals surface area contributed by atoms with E-state index in [4.69, 9.17) is 4.52 Å². The van der Waals surface area contributed by atoms with Gasteiger partial charge < -0.3 is 9.42 Å². The Morgan fingerprint density at radius 2 is 2.00 bits per heavy atom. The van der Waals surface area contributed by atoms with Crippen LogP contribution in [0, 0.1) is 5.92 Å². The molecule has 0 unspecified atom stereocenters. The third-order valence-electron chi connectivity index (χ3n) is 5.00. The molecule has 124 valence electrons. The van der Waals surface area contributed by atoms with E-state index in [0.717, 1.165) is 29.8 Å². The van der Waals surface area contributed by atoms with E-state index in [1.807, 2.05) is 18.0 Å². The van der Waals surface area contributed by atoms with Crippen LogP contribution < -0.4 is 0 Å². The summed E-state index contributed by atoms with van der Waals surface area (Å²) in [6.45, 7) is 6.40. The summed E-state index contributed by atoms with van der Waals surface area (Å²) in [5, 5.41) is 4.92. The summed E-state index contributed by atoms with van der Waals surface area (Å²) >= 11 is 0. The van der Waals surface area contributed by atoms with E-state index in [2.05, 4.69) is 30.9 Å². The van der Waals surface area contributed by atoms with Crippen molar-refractivity contribution in [2.45, 2.75) is 58.4 Å². The number of fused-ring (bicyclic) bond motifs is 1. The molecule has 1 fully saturated rings. The van der Waals surface area contributed by atoms with Gasteiger partial charge in [-0.05, 0) is 43.6 Å². The van der Waals surface area contributed by atoms with Crippen molar-refractivity contribution in [3.63, 3.8) is 0 Å². The van der Waals surface area contributed by atoms with E-state index in [-0.39, 0.29) is 11.8 Å². The van der Waals surface area contributed by atoms with E-state index in [0.29, 0.717) is 17.3 Å². The molecule has 0 aliphatic heterocycles. The van der Waals surface area contributed by atoms with E-state index in [1.165, 1.54) is 12.8 Å². The van der Waals surface area contributed by atoms with Crippen LogP contribution in [0.3, 0.4) is 0 Å². The predicted octanol–water partition coefficient (Wildman–Crippen LogP) is 4.00. The number of rotatable bonds is 3. The van der Waals surface area contributed by atoms with Crippen molar-refractivity contribution in [3.05, 3.63) is 23.5 Å². The Bertz CT molecular complexity index is 699. The number of hydrogen-bond donors (Lipinski definition) is 0. The van der Waals surface area contributed by atoms with Crippen LogP contribution in [-0.4, -0.2) is 34.0 Å². The zero-order valence-corrected chi connectivity index (χ0v) is 14.4. The molecule has 3 rings (SSSR count). The fraction of sp³-hybridized carbons (Fsp3) is 0.611. The van der Waals surface area contributed by atoms with Crippen LogP contribution >= 0.6 is 0 Å². The first-order valence-corrected chi connectivity index (χ1v) is 8.49. The van der Waals surface area contributed by atoms with Gasteiger partial charge in [-0.1, -0.05) is 25.9 Å². The van der Waals surface area contributed by atoms with Crippen LogP contribution in [0.25, 0.3) is 11.1 Å². The molecule has 1 aliphatic carbocycles. The van der Waals surface area contributed by atoms with Gasteiger partial charge in [0.1, 0.15) is 0 Å². The molecule has 0 radical (unpaired) electrons. The van der Waals surface area contributed by atoms with Gasteiger partial charge in [-0.25, -0.2) is 4.98 Å². The maximum atomic E-state index is 12.8. The first-order chi connectivity index (χ1) is 11.0. The van der Waals surface area contributed by atoms with Gasteiger partial charge in [0.2, 0.25) is 0 Å². The summed E-state index contributed by atoms with van der Waals surface area (Å²) in [4.78, 5) is 19.0. The van der Waals surface area contributed by atoms with Crippen molar-refractivity contribution in [2.24, 2.45) is 5.92 Å². The molecule has 2 aromatic rings. The fourth-order valence-electron chi connectivity index (χ4n) is 3.38. The number of carbonyl (C=O) groups excluding carboxylic acids is 1. The summed E-state index contributed by atoms with van der Waals surface area (Å²) in [5.41, 5.74) is 1.97. The van der Waals surface area contributed by atoms with Gasteiger partial charge in [-0.2, -0.15) is 0 Å². The Labute approximate surface area is 137 Å². The van der Waals surface area contributed by atoms with Crippen LogP contribution in [0.2, 0.25) is 0 Å². The number of pyridine rings is 1. The van der Waals surface area contributed by atoms with Gasteiger partial charge in [0, 0.05) is 19.3 Å². The van der Waals surface area contributed by atoms with Gasteiger partial charge in [0.05, 0.1) is 16.6 Å². The van der Waals surface area contributed by atoms with Crippen molar-refractivity contribution < 1.29 is 9.32 Å². The second kappa shape index (κ2) is 6.30. The van der Waals surface area contributed by atoms with Crippen LogP contribution in [0.4, 0.5) is 0 Å². The summed E-state index contributed by atoms with van der Waals surface area (Å²) in [6, 6.07) is 2.21. The number of hydrogen-bond acceptors (Lipinski definition) is 4. The highest BCUT2D eigenvalue weighted by atomic mass is 16.5. The zero-order chi connectivity index (χ0) is 16.6. The van der Waals surface area contributed by atoms with Gasteiger partial charge >= 0.3 is 0 Å². The maximum absolute atomic E-state index is 12.8. The van der Waals surface area contributed by atoms with E-state index < -0.39 is 0 Å². The molecule has 0 bridgehead atoms. The monoisotopic (exact) mass is 315 g/mol. The molecule has 0 saturated heterocycles. The van der Waals surface area contributed by atoms with Gasteiger partial charge in [-0.3, -0.25) is 4.79 Å². The molecule has 23 heavy (non-hydrogen) atoms. The Morgan fingerprint density at radius 1 is 1.30 bits per heavy atom. The summed E-state index contributed by atoms with van der Waals surface area (Å²) < 4.78 is 5.25. The molecule has 5 heteroatoms. The topological polar surface area (TPSA) is 59.2 Å². The lowest BCUT2D eigenvalue weighted by molar-refractivity contribution is 0.0679. The molecule has 1 saturated carbocycles. The van der Waals surface area contributed by atoms with Crippen LogP contribution in [-0.2, 0) is 0 Å². The Kier molecular flexibility index (Phi) is 4.37. The van der Waals surface area contributed by atoms with E-state index >= 15 is 0 Å². The van der Waals surface area contributed by atoms with Crippen molar-refractivity contribution in [1.82, 2.24) is 15.0 Å².